The first-order valence-electron chi connectivity index (χ1n) is 16.6. The molecule has 0 radical (unpaired) electrons. The van der Waals surface area contributed by atoms with Crippen LogP contribution < -0.4 is 0 Å². The van der Waals surface area contributed by atoms with Gasteiger partial charge in [0.2, 0.25) is 0 Å². The molecule has 67 heavy (non-hydrogen) atoms. The van der Waals surface area contributed by atoms with Gasteiger partial charge in [0.15, 0.2) is 0 Å². The third-order valence-electron chi connectivity index (χ3n) is 6.61. The Bertz CT molecular complexity index is 1570. The van der Waals surface area contributed by atoms with E-state index in [1.807, 2.05) is 0 Å². The Morgan fingerprint density at radius 2 is 0.836 bits per heavy atom. The van der Waals surface area contributed by atoms with Gasteiger partial charge in [-0.3, -0.25) is 9.47 Å². The summed E-state index contributed by atoms with van der Waals surface area (Å²) in [7, 11) is 0.847. The average molecular weight is 1090 g/mol. The first kappa shape index (κ1) is 68.3. The van der Waals surface area contributed by atoms with Gasteiger partial charge >= 0.3 is 69.8 Å². The quantitative estimate of drug-likeness (QED) is 0.0257. The lowest BCUT2D eigenvalue weighted by Crippen LogP contribution is -2.56. The molecule has 9 nitrogen and oxygen atoms in total. The molecular weight excluding hydrogens is 1050 g/mol. The van der Waals surface area contributed by atoms with E-state index in [1.54, 1.807) is 0 Å². The van der Waals surface area contributed by atoms with Crippen molar-refractivity contribution in [1.82, 2.24) is 0 Å². The molecule has 0 rings (SSSR count). The minimum Gasteiger partial charge on any atom is -0.461 e. The second-order valence-electron chi connectivity index (χ2n) is 12.5. The summed E-state index contributed by atoms with van der Waals surface area (Å²) in [5.74, 6) is -27.6. The van der Waals surface area contributed by atoms with Gasteiger partial charge in [0.1, 0.15) is 18.8 Å². The molecule has 396 valence electrons. The molecule has 0 saturated carbocycles. The highest BCUT2D eigenvalue weighted by Gasteiger charge is 2.76. The van der Waals surface area contributed by atoms with Crippen molar-refractivity contribution in [2.45, 2.75) is 118 Å². The number of rotatable bonds is 27. The third-order valence-corrected chi connectivity index (χ3v) is 9.68. The van der Waals surface area contributed by atoms with Gasteiger partial charge in [0.05, 0.1) is 0 Å². The predicted octanol–water partition coefficient (Wildman–Crippen LogP) is 11.9. The van der Waals surface area contributed by atoms with Gasteiger partial charge in [0.25, 0.3) is 19.1 Å². The SMILES string of the molecule is C.C=C(C)C(=O)OC(CSC(F)(F)C(F)OC(F)(F)C(F)(F)C(C)(F)F)C(CSC(F)(F)C(F)OC(F)(F)C(F)(F)C(F)(F)F)OC(=O)C(=C)C.C=C(C)C(=O)OCCSC(F)(F)C(F)OC. The number of thioether (sulfide) groups is 3. The van der Waals surface area contributed by atoms with E-state index in [-0.39, 0.29) is 37.1 Å². The smallest absolute Gasteiger partial charge is 0.461 e. The van der Waals surface area contributed by atoms with Gasteiger partial charge in [-0.1, -0.05) is 62.4 Å². The second kappa shape index (κ2) is 25.8. The van der Waals surface area contributed by atoms with Gasteiger partial charge < -0.3 is 18.9 Å². The first-order chi connectivity index (χ1) is 29.2. The Kier molecular flexibility index (Phi) is 26.2. The normalized spacial score (nSPS) is 15.6. The summed E-state index contributed by atoms with van der Waals surface area (Å²) in [5.41, 5.74) is -1.20. The summed E-state index contributed by atoms with van der Waals surface area (Å²) in [6, 6.07) is 0. The van der Waals surface area contributed by atoms with Gasteiger partial charge in [-0.25, -0.2) is 27.6 Å². The van der Waals surface area contributed by atoms with E-state index in [1.165, 1.54) is 6.92 Å². The minimum absolute atomic E-state index is 0. The fraction of sp³-hybridized carbons (Fsp3) is 0.727. The van der Waals surface area contributed by atoms with Crippen LogP contribution in [-0.4, -0.2) is 132 Å². The van der Waals surface area contributed by atoms with Gasteiger partial charge in [0, 0.05) is 48.0 Å². The van der Waals surface area contributed by atoms with E-state index in [0.717, 1.165) is 21.0 Å². The van der Waals surface area contributed by atoms with Crippen LogP contribution >= 0.6 is 35.3 Å². The molecule has 5 atom stereocenters. The van der Waals surface area contributed by atoms with Crippen molar-refractivity contribution in [2.75, 3.05) is 31.0 Å². The van der Waals surface area contributed by atoms with Crippen LogP contribution in [0.5, 0.6) is 0 Å². The fourth-order valence-electron chi connectivity index (χ4n) is 3.03. The largest absolute Gasteiger partial charge is 0.462 e. The van der Waals surface area contributed by atoms with Crippen molar-refractivity contribution >= 4 is 53.2 Å². The van der Waals surface area contributed by atoms with Crippen LogP contribution in [0.3, 0.4) is 0 Å². The standard InChI is InChI=1S/C23H21F19O6S2.C9H13F3O3S.CH4/c1-8(2)12(43)45-10(6-49-17(28,29)14(24)47-22(39,40)19(32,33)16(5,26)27)11(46-13(44)9(3)4)7-50-18(30,31)15(25)48-23(41,42)20(34,35)21(36,37)38;1-6(2)7(13)15-4-5-16-9(11,12)8(10)14-3;/h10-11,14-15H,1,3,6-7H2,2,4-5H3;8H,1,4-5H2,2-3H3;1H4. The fourth-order valence-corrected chi connectivity index (χ4v) is 5.39. The monoisotopic (exact) mass is 1090 g/mol. The zero-order valence-electron chi connectivity index (χ0n) is 33.6. The highest BCUT2D eigenvalue weighted by atomic mass is 32.2. The van der Waals surface area contributed by atoms with E-state index in [0.29, 0.717) is 0 Å². The Balaban J connectivity index is -0.00000203. The van der Waals surface area contributed by atoms with Crippen molar-refractivity contribution in [3.05, 3.63) is 36.5 Å². The first-order valence-corrected chi connectivity index (χ1v) is 19.5. The number of methoxy groups -OCH3 is 1. The number of esters is 3. The van der Waals surface area contributed by atoms with E-state index < -0.39 is 154 Å². The number of carbonyl (C=O) groups is 3. The maximum atomic E-state index is 14.4. The molecule has 0 heterocycles. The Hall–Kier alpha value is -2.98. The molecule has 0 aromatic heterocycles. The molecule has 0 aliphatic heterocycles. The zero-order chi connectivity index (χ0) is 53.0. The molecule has 0 aromatic carbocycles. The summed E-state index contributed by atoms with van der Waals surface area (Å²) in [6.07, 6.45) is -38.9. The lowest BCUT2D eigenvalue weighted by Gasteiger charge is -2.33. The minimum atomic E-state index is -7.26. The van der Waals surface area contributed by atoms with E-state index in [4.69, 9.17) is 0 Å². The van der Waals surface area contributed by atoms with Crippen molar-refractivity contribution in [3.8, 4) is 0 Å². The molecule has 0 aliphatic carbocycles. The maximum absolute atomic E-state index is 14.4. The van der Waals surface area contributed by atoms with Crippen LogP contribution in [0, 0.1) is 0 Å². The lowest BCUT2D eigenvalue weighted by atomic mass is 10.2. The number of alkyl halides is 22. The van der Waals surface area contributed by atoms with Crippen LogP contribution in [0.4, 0.5) is 96.6 Å². The summed E-state index contributed by atoms with van der Waals surface area (Å²) in [5, 5.41) is -14.8. The molecule has 0 aromatic rings. The average Bonchev–Trinajstić information content (AvgIpc) is 3.14. The van der Waals surface area contributed by atoms with Crippen LogP contribution in [-0.2, 0) is 42.8 Å². The summed E-state index contributed by atoms with van der Waals surface area (Å²) >= 11 is -2.79. The van der Waals surface area contributed by atoms with Crippen molar-refractivity contribution in [2.24, 2.45) is 0 Å². The van der Waals surface area contributed by atoms with Crippen LogP contribution in [0.25, 0.3) is 0 Å². The molecule has 0 bridgehead atoms. The van der Waals surface area contributed by atoms with Gasteiger partial charge in [-0.15, -0.1) is 0 Å². The van der Waals surface area contributed by atoms with E-state index in [9.17, 15) is 111 Å². The van der Waals surface area contributed by atoms with Crippen LogP contribution in [0.1, 0.15) is 35.1 Å². The number of carbonyl (C=O) groups excluding carboxylic acids is 3. The molecule has 5 unspecified atom stereocenters. The topological polar surface area (TPSA) is 107 Å². The summed E-state index contributed by atoms with van der Waals surface area (Å²) in [4.78, 5) is 35.0. The highest BCUT2D eigenvalue weighted by molar-refractivity contribution is 8.00. The highest BCUT2D eigenvalue weighted by Crippen LogP contribution is 2.51. The van der Waals surface area contributed by atoms with Gasteiger partial charge in [-0.05, 0) is 20.8 Å². The van der Waals surface area contributed by atoms with Crippen molar-refractivity contribution < 1.29 is 139 Å². The molecule has 0 spiro atoms. The number of hydrogen-bond acceptors (Lipinski definition) is 12. The Labute approximate surface area is 378 Å². The Morgan fingerprint density at radius 1 is 0.522 bits per heavy atom. The molecular formula is C33H38F22O9S3. The second-order valence-corrected chi connectivity index (χ2v) is 16.1. The molecule has 0 amide bonds. The number of halogens is 22. The number of ether oxygens (including phenoxy) is 6. The van der Waals surface area contributed by atoms with Gasteiger partial charge in [-0.2, -0.15) is 83.4 Å². The predicted molar refractivity (Wildman–Crippen MR) is 194 cm³/mol. The van der Waals surface area contributed by atoms with E-state index in [2.05, 4.69) is 48.2 Å². The Morgan fingerprint density at radius 3 is 1.12 bits per heavy atom. The summed E-state index contributed by atoms with van der Waals surface area (Å²) in [6.45, 7) is 11.3. The molecule has 0 N–H and O–H groups in total. The number of hydrogen-bond donors (Lipinski definition) is 0. The lowest BCUT2D eigenvalue weighted by molar-refractivity contribution is -0.446. The van der Waals surface area contributed by atoms with Crippen molar-refractivity contribution in [1.29, 1.82) is 0 Å². The maximum Gasteiger partial charge on any atom is 0.462 e. The van der Waals surface area contributed by atoms with E-state index >= 15 is 0 Å². The molecule has 0 aliphatic rings. The molecule has 0 fully saturated rings. The summed E-state index contributed by atoms with van der Waals surface area (Å²) < 4.78 is 315. The molecule has 0 saturated heterocycles. The third kappa shape index (κ3) is 20.5. The van der Waals surface area contributed by atoms with Crippen LogP contribution in [0.2, 0.25) is 0 Å². The van der Waals surface area contributed by atoms with Crippen molar-refractivity contribution in [3.63, 3.8) is 0 Å². The van der Waals surface area contributed by atoms with Crippen LogP contribution in [0.15, 0.2) is 36.5 Å². The zero-order valence-corrected chi connectivity index (χ0v) is 36.0. The molecule has 34 heteroatoms.